The number of carbonyl (C=O) groups is 1. The second kappa shape index (κ2) is 5.96. The van der Waals surface area contributed by atoms with Crippen LogP contribution in [0.2, 0.25) is 5.02 Å². The lowest BCUT2D eigenvalue weighted by Gasteiger charge is -2.09. The molecule has 1 heterocycles. The standard InChI is InChI=1S/C11H10ClNO6/c12-8-2-1-7(5-9(8)13(15)16)11(14)19-6-10-17-3-4-18-10/h1-2,5,10H,3-4,6H2. The molecule has 2 rings (SSSR count). The van der Waals surface area contributed by atoms with Crippen LogP contribution in [0, 0.1) is 10.1 Å². The molecular formula is C11H10ClNO6. The molecule has 1 fully saturated rings. The maximum absolute atomic E-state index is 11.7. The first kappa shape index (κ1) is 13.7. The van der Waals surface area contributed by atoms with Gasteiger partial charge in [0, 0.05) is 6.07 Å². The Kier molecular flexibility index (Phi) is 4.31. The fraction of sp³-hybridized carbons (Fsp3) is 0.364. The van der Waals surface area contributed by atoms with Crippen LogP contribution >= 0.6 is 11.6 Å². The van der Waals surface area contributed by atoms with Gasteiger partial charge in [-0.25, -0.2) is 4.79 Å². The Balaban J connectivity index is 2.02. The van der Waals surface area contributed by atoms with Crippen molar-refractivity contribution in [3.05, 3.63) is 38.9 Å². The molecule has 0 unspecified atom stereocenters. The Morgan fingerprint density at radius 1 is 1.47 bits per heavy atom. The molecule has 1 saturated heterocycles. The molecule has 102 valence electrons. The fourth-order valence-corrected chi connectivity index (χ4v) is 1.70. The minimum Gasteiger partial charge on any atom is -0.457 e. The summed E-state index contributed by atoms with van der Waals surface area (Å²) < 4.78 is 15.1. The SMILES string of the molecule is O=C(OCC1OCCO1)c1ccc(Cl)c([N+](=O)[O-])c1. The third-order valence-electron chi connectivity index (χ3n) is 2.42. The van der Waals surface area contributed by atoms with E-state index < -0.39 is 17.2 Å². The molecule has 1 aromatic carbocycles. The number of carbonyl (C=O) groups excluding carboxylic acids is 1. The average Bonchev–Trinajstić information content (AvgIpc) is 2.89. The number of hydrogen-bond donors (Lipinski definition) is 0. The highest BCUT2D eigenvalue weighted by atomic mass is 35.5. The molecule has 7 nitrogen and oxygen atoms in total. The minimum absolute atomic E-state index is 0.0380. The van der Waals surface area contributed by atoms with Crippen molar-refractivity contribution < 1.29 is 23.9 Å². The number of halogens is 1. The van der Waals surface area contributed by atoms with E-state index in [4.69, 9.17) is 25.8 Å². The Bertz CT molecular complexity index is 500. The number of ether oxygens (including phenoxy) is 3. The summed E-state index contributed by atoms with van der Waals surface area (Å²) in [5.74, 6) is -0.695. The normalized spacial score (nSPS) is 15.4. The number of nitrogens with zero attached hydrogens (tertiary/aromatic N) is 1. The molecule has 0 aliphatic carbocycles. The van der Waals surface area contributed by atoms with Crippen LogP contribution in [0.25, 0.3) is 0 Å². The van der Waals surface area contributed by atoms with Crippen molar-refractivity contribution >= 4 is 23.3 Å². The Labute approximate surface area is 113 Å². The maximum atomic E-state index is 11.7. The molecule has 0 bridgehead atoms. The summed E-state index contributed by atoms with van der Waals surface area (Å²) in [6, 6.07) is 3.70. The quantitative estimate of drug-likeness (QED) is 0.476. The molecule has 1 aromatic rings. The van der Waals surface area contributed by atoms with Crippen molar-refractivity contribution in [1.82, 2.24) is 0 Å². The van der Waals surface area contributed by atoms with Gasteiger partial charge in [0.15, 0.2) is 6.29 Å². The van der Waals surface area contributed by atoms with Gasteiger partial charge in [0.25, 0.3) is 5.69 Å². The summed E-state index contributed by atoms with van der Waals surface area (Å²) in [6.45, 7) is 0.846. The van der Waals surface area contributed by atoms with Crippen molar-refractivity contribution in [1.29, 1.82) is 0 Å². The Hall–Kier alpha value is -1.70. The van der Waals surface area contributed by atoms with E-state index in [0.717, 1.165) is 6.07 Å². The second-order valence-corrected chi connectivity index (χ2v) is 4.10. The highest BCUT2D eigenvalue weighted by Gasteiger charge is 2.20. The van der Waals surface area contributed by atoms with Crippen LogP contribution in [-0.2, 0) is 14.2 Å². The van der Waals surface area contributed by atoms with Gasteiger partial charge in [-0.2, -0.15) is 0 Å². The van der Waals surface area contributed by atoms with E-state index in [9.17, 15) is 14.9 Å². The van der Waals surface area contributed by atoms with Crippen LogP contribution in [-0.4, -0.2) is 37.0 Å². The zero-order valence-electron chi connectivity index (χ0n) is 9.71. The molecule has 0 aromatic heterocycles. The number of esters is 1. The third kappa shape index (κ3) is 3.40. The number of nitro benzene ring substituents is 1. The minimum atomic E-state index is -0.695. The van der Waals surface area contributed by atoms with E-state index in [-0.39, 0.29) is 22.9 Å². The van der Waals surface area contributed by atoms with Gasteiger partial charge in [0.05, 0.1) is 23.7 Å². The van der Waals surface area contributed by atoms with E-state index >= 15 is 0 Å². The molecule has 19 heavy (non-hydrogen) atoms. The summed E-state index contributed by atoms with van der Waals surface area (Å²) in [4.78, 5) is 21.7. The van der Waals surface area contributed by atoms with Crippen molar-refractivity contribution in [2.75, 3.05) is 19.8 Å². The van der Waals surface area contributed by atoms with Crippen molar-refractivity contribution in [2.24, 2.45) is 0 Å². The van der Waals surface area contributed by atoms with Gasteiger partial charge in [0.1, 0.15) is 11.6 Å². The molecule has 1 aliphatic heterocycles. The number of nitro groups is 1. The van der Waals surface area contributed by atoms with Crippen molar-refractivity contribution in [3.8, 4) is 0 Å². The van der Waals surface area contributed by atoms with Crippen LogP contribution in [0.1, 0.15) is 10.4 Å². The number of rotatable bonds is 4. The molecule has 1 aliphatic rings. The summed E-state index contributed by atoms with van der Waals surface area (Å²) in [6.07, 6.45) is -0.578. The second-order valence-electron chi connectivity index (χ2n) is 3.69. The molecule has 8 heteroatoms. The van der Waals surface area contributed by atoms with Crippen molar-refractivity contribution in [3.63, 3.8) is 0 Å². The first-order chi connectivity index (χ1) is 9.08. The van der Waals surface area contributed by atoms with Crippen LogP contribution in [0.5, 0.6) is 0 Å². The van der Waals surface area contributed by atoms with Crippen LogP contribution in [0.3, 0.4) is 0 Å². The van der Waals surface area contributed by atoms with Gasteiger partial charge in [-0.05, 0) is 12.1 Å². The van der Waals surface area contributed by atoms with Gasteiger partial charge in [-0.1, -0.05) is 11.6 Å². The maximum Gasteiger partial charge on any atom is 0.338 e. The highest BCUT2D eigenvalue weighted by Crippen LogP contribution is 2.25. The summed E-state index contributed by atoms with van der Waals surface area (Å²) in [7, 11) is 0. The lowest BCUT2D eigenvalue weighted by molar-refractivity contribution is -0.384. The first-order valence-corrected chi connectivity index (χ1v) is 5.80. The average molecular weight is 288 g/mol. The summed E-state index contributed by atoms with van der Waals surface area (Å²) in [5.41, 5.74) is -0.293. The lowest BCUT2D eigenvalue weighted by atomic mass is 10.2. The lowest BCUT2D eigenvalue weighted by Crippen LogP contribution is -2.19. The molecule has 0 radical (unpaired) electrons. The smallest absolute Gasteiger partial charge is 0.338 e. The van der Waals surface area contributed by atoms with E-state index in [1.165, 1.54) is 12.1 Å². The zero-order chi connectivity index (χ0) is 13.8. The van der Waals surface area contributed by atoms with Gasteiger partial charge in [-0.3, -0.25) is 10.1 Å². The molecule has 0 amide bonds. The molecule has 0 spiro atoms. The van der Waals surface area contributed by atoms with E-state index in [1.54, 1.807) is 0 Å². The summed E-state index contributed by atoms with van der Waals surface area (Å²) >= 11 is 5.64. The van der Waals surface area contributed by atoms with Crippen molar-refractivity contribution in [2.45, 2.75) is 6.29 Å². The van der Waals surface area contributed by atoms with Gasteiger partial charge >= 0.3 is 5.97 Å². The van der Waals surface area contributed by atoms with E-state index in [1.807, 2.05) is 0 Å². The predicted molar refractivity (Wildman–Crippen MR) is 64.1 cm³/mol. The molecule has 0 atom stereocenters. The van der Waals surface area contributed by atoms with Gasteiger partial charge < -0.3 is 14.2 Å². The predicted octanol–water partition coefficient (Wildman–Crippen LogP) is 1.78. The zero-order valence-corrected chi connectivity index (χ0v) is 10.5. The Morgan fingerprint density at radius 2 is 2.16 bits per heavy atom. The Morgan fingerprint density at radius 3 is 2.79 bits per heavy atom. The first-order valence-electron chi connectivity index (χ1n) is 5.42. The van der Waals surface area contributed by atoms with E-state index in [2.05, 4.69) is 0 Å². The number of hydrogen-bond acceptors (Lipinski definition) is 6. The van der Waals surface area contributed by atoms with Gasteiger partial charge in [-0.15, -0.1) is 0 Å². The highest BCUT2D eigenvalue weighted by molar-refractivity contribution is 6.32. The molecule has 0 saturated carbocycles. The monoisotopic (exact) mass is 287 g/mol. The summed E-state index contributed by atoms with van der Waals surface area (Å²) in [5, 5.41) is 10.7. The van der Waals surface area contributed by atoms with Crippen LogP contribution < -0.4 is 0 Å². The van der Waals surface area contributed by atoms with Gasteiger partial charge in [0.2, 0.25) is 0 Å². The number of benzene rings is 1. The fourth-order valence-electron chi connectivity index (χ4n) is 1.51. The largest absolute Gasteiger partial charge is 0.457 e. The van der Waals surface area contributed by atoms with E-state index in [0.29, 0.717) is 13.2 Å². The third-order valence-corrected chi connectivity index (χ3v) is 2.74. The van der Waals surface area contributed by atoms with Crippen LogP contribution in [0.15, 0.2) is 18.2 Å². The molecular weight excluding hydrogens is 278 g/mol. The molecule has 0 N–H and O–H groups in total. The van der Waals surface area contributed by atoms with Crippen LogP contribution in [0.4, 0.5) is 5.69 Å². The topological polar surface area (TPSA) is 87.9 Å².